The van der Waals surface area contributed by atoms with Crippen molar-refractivity contribution in [2.45, 2.75) is 17.9 Å². The average molecular weight is 452 g/mol. The molecule has 0 fully saturated rings. The molecular formula is C16H13Cl3N2O5S. The molecule has 27 heavy (non-hydrogen) atoms. The van der Waals surface area contributed by atoms with Crippen LogP contribution < -0.4 is 10.5 Å². The van der Waals surface area contributed by atoms with E-state index in [1.165, 1.54) is 31.2 Å². The number of anilines is 1. The van der Waals surface area contributed by atoms with Crippen LogP contribution in [0.2, 0.25) is 15.1 Å². The van der Waals surface area contributed by atoms with Gasteiger partial charge >= 0.3 is 5.97 Å². The molecule has 0 heterocycles. The topological polar surface area (TPSA) is 116 Å². The van der Waals surface area contributed by atoms with Gasteiger partial charge in [-0.25, -0.2) is 18.4 Å². The van der Waals surface area contributed by atoms with Crippen molar-refractivity contribution in [1.29, 1.82) is 0 Å². The third-order valence-corrected chi connectivity index (χ3v) is 5.27. The first-order valence-electron chi connectivity index (χ1n) is 7.28. The van der Waals surface area contributed by atoms with Gasteiger partial charge < -0.3 is 10.1 Å². The highest BCUT2D eigenvalue weighted by Crippen LogP contribution is 2.26. The van der Waals surface area contributed by atoms with Crippen molar-refractivity contribution in [2.24, 2.45) is 5.14 Å². The van der Waals surface area contributed by atoms with Crippen LogP contribution in [0.5, 0.6) is 0 Å². The number of hydrogen-bond acceptors (Lipinski definition) is 5. The second-order valence-electron chi connectivity index (χ2n) is 5.35. The average Bonchev–Trinajstić information content (AvgIpc) is 2.57. The van der Waals surface area contributed by atoms with E-state index in [-0.39, 0.29) is 21.3 Å². The summed E-state index contributed by atoms with van der Waals surface area (Å²) in [6.45, 7) is 1.34. The lowest BCUT2D eigenvalue weighted by molar-refractivity contribution is -0.123. The van der Waals surface area contributed by atoms with Gasteiger partial charge in [0.2, 0.25) is 10.0 Å². The zero-order valence-electron chi connectivity index (χ0n) is 13.7. The maximum atomic E-state index is 12.2. The maximum absolute atomic E-state index is 12.2. The molecule has 0 aromatic heterocycles. The summed E-state index contributed by atoms with van der Waals surface area (Å²) < 4.78 is 28.0. The van der Waals surface area contributed by atoms with Crippen LogP contribution in [0, 0.1) is 0 Å². The van der Waals surface area contributed by atoms with Crippen molar-refractivity contribution in [3.8, 4) is 0 Å². The lowest BCUT2D eigenvalue weighted by atomic mass is 10.2. The van der Waals surface area contributed by atoms with E-state index in [0.29, 0.717) is 5.02 Å². The minimum atomic E-state index is -4.13. The van der Waals surface area contributed by atoms with E-state index in [2.05, 4.69) is 5.32 Å². The van der Waals surface area contributed by atoms with Gasteiger partial charge in [0.1, 0.15) is 4.90 Å². The van der Waals surface area contributed by atoms with Gasteiger partial charge in [0.25, 0.3) is 5.91 Å². The van der Waals surface area contributed by atoms with Crippen molar-refractivity contribution in [3.63, 3.8) is 0 Å². The predicted molar refractivity (Wildman–Crippen MR) is 103 cm³/mol. The number of esters is 1. The van der Waals surface area contributed by atoms with Crippen LogP contribution in [0.15, 0.2) is 41.3 Å². The van der Waals surface area contributed by atoms with Gasteiger partial charge in [0.15, 0.2) is 6.10 Å². The van der Waals surface area contributed by atoms with Gasteiger partial charge in [-0.1, -0.05) is 34.8 Å². The molecule has 0 saturated carbocycles. The Bertz CT molecular complexity index is 1010. The third-order valence-electron chi connectivity index (χ3n) is 3.31. The second kappa shape index (κ2) is 8.45. The molecule has 1 amide bonds. The molecule has 0 aliphatic heterocycles. The monoisotopic (exact) mass is 450 g/mol. The molecule has 11 heteroatoms. The highest BCUT2D eigenvalue weighted by molar-refractivity contribution is 7.89. The Morgan fingerprint density at radius 2 is 1.70 bits per heavy atom. The Morgan fingerprint density at radius 3 is 2.33 bits per heavy atom. The van der Waals surface area contributed by atoms with Gasteiger partial charge in [-0.15, -0.1) is 0 Å². The number of nitrogens with two attached hydrogens (primary N) is 1. The zero-order valence-corrected chi connectivity index (χ0v) is 16.8. The van der Waals surface area contributed by atoms with Crippen molar-refractivity contribution in [3.05, 3.63) is 57.0 Å². The minimum absolute atomic E-state index is 0.135. The molecule has 0 bridgehead atoms. The lowest BCUT2D eigenvalue weighted by Gasteiger charge is -2.15. The van der Waals surface area contributed by atoms with Crippen LogP contribution in [0.4, 0.5) is 5.69 Å². The van der Waals surface area contributed by atoms with E-state index >= 15 is 0 Å². The van der Waals surface area contributed by atoms with E-state index < -0.39 is 32.9 Å². The number of primary sulfonamides is 1. The fourth-order valence-electron chi connectivity index (χ4n) is 1.96. The number of hydrogen-bond donors (Lipinski definition) is 2. The molecule has 3 N–H and O–H groups in total. The number of halogens is 3. The Kier molecular flexibility index (Phi) is 6.72. The summed E-state index contributed by atoms with van der Waals surface area (Å²) in [6.07, 6.45) is -1.21. The number of amides is 1. The highest BCUT2D eigenvalue weighted by Gasteiger charge is 2.22. The summed E-state index contributed by atoms with van der Waals surface area (Å²) in [4.78, 5) is 24.0. The molecule has 1 unspecified atom stereocenters. The Morgan fingerprint density at radius 1 is 1.07 bits per heavy atom. The second-order valence-corrected chi connectivity index (χ2v) is 8.13. The van der Waals surface area contributed by atoms with Crippen molar-refractivity contribution < 1.29 is 22.7 Å². The van der Waals surface area contributed by atoms with E-state index in [9.17, 15) is 18.0 Å². The summed E-state index contributed by atoms with van der Waals surface area (Å²) in [5.74, 6) is -1.59. The molecular weight excluding hydrogens is 439 g/mol. The largest absolute Gasteiger partial charge is 0.449 e. The lowest BCUT2D eigenvalue weighted by Crippen LogP contribution is -2.30. The SMILES string of the molecule is CC(OC(=O)c1ccc(Cl)c(S(N)(=O)=O)c1)C(=O)Nc1cc(Cl)ccc1Cl. The van der Waals surface area contributed by atoms with Gasteiger partial charge in [-0.05, 0) is 43.3 Å². The fraction of sp³-hybridized carbons (Fsp3) is 0.125. The van der Waals surface area contributed by atoms with Gasteiger partial charge in [0, 0.05) is 5.02 Å². The molecule has 2 aromatic carbocycles. The first-order valence-corrected chi connectivity index (χ1v) is 9.96. The van der Waals surface area contributed by atoms with Crippen molar-refractivity contribution in [2.75, 3.05) is 5.32 Å². The number of benzene rings is 2. The zero-order chi connectivity index (χ0) is 20.4. The molecule has 7 nitrogen and oxygen atoms in total. The first kappa shape index (κ1) is 21.5. The minimum Gasteiger partial charge on any atom is -0.449 e. The fourth-order valence-corrected chi connectivity index (χ4v) is 3.37. The van der Waals surface area contributed by atoms with Crippen LogP contribution in [-0.4, -0.2) is 26.4 Å². The standard InChI is InChI=1S/C16H13Cl3N2O5S/c1-8(15(22)21-13-7-10(17)3-5-11(13)18)26-16(23)9-2-4-12(19)14(6-9)27(20,24)25/h2-8H,1H3,(H,21,22)(H2,20,24,25). The normalized spacial score (nSPS) is 12.3. The molecule has 144 valence electrons. The highest BCUT2D eigenvalue weighted by atomic mass is 35.5. The number of nitrogens with one attached hydrogen (secondary N) is 1. The predicted octanol–water partition coefficient (Wildman–Crippen LogP) is 3.48. The van der Waals surface area contributed by atoms with Crippen LogP contribution in [0.25, 0.3) is 0 Å². The van der Waals surface area contributed by atoms with Gasteiger partial charge in [-0.2, -0.15) is 0 Å². The summed E-state index contributed by atoms with van der Waals surface area (Å²) in [7, 11) is -4.13. The molecule has 0 spiro atoms. The number of sulfonamides is 1. The molecule has 1 atom stereocenters. The van der Waals surface area contributed by atoms with Crippen LogP contribution in [0.1, 0.15) is 17.3 Å². The van der Waals surface area contributed by atoms with Crippen LogP contribution >= 0.6 is 34.8 Å². The van der Waals surface area contributed by atoms with E-state index in [0.717, 1.165) is 6.07 Å². The molecule has 2 rings (SSSR count). The van der Waals surface area contributed by atoms with Crippen molar-refractivity contribution in [1.82, 2.24) is 0 Å². The summed E-state index contributed by atoms with van der Waals surface area (Å²) in [5.41, 5.74) is 0.115. The Hall–Kier alpha value is -1.84. The number of rotatable bonds is 5. The maximum Gasteiger partial charge on any atom is 0.338 e. The van der Waals surface area contributed by atoms with Crippen molar-refractivity contribution >= 4 is 62.4 Å². The third kappa shape index (κ3) is 5.57. The molecule has 0 aliphatic rings. The van der Waals surface area contributed by atoms with E-state index in [4.69, 9.17) is 44.7 Å². The smallest absolute Gasteiger partial charge is 0.338 e. The first-order chi connectivity index (χ1) is 12.5. The number of carbonyl (C=O) groups is 2. The number of carbonyl (C=O) groups excluding carboxylic acids is 2. The van der Waals surface area contributed by atoms with Gasteiger partial charge in [0.05, 0.1) is 21.3 Å². The summed E-state index contributed by atoms with van der Waals surface area (Å²) >= 11 is 17.6. The Balaban J connectivity index is 2.13. The Labute approximate surface area is 170 Å². The quantitative estimate of drug-likeness (QED) is 0.675. The molecule has 2 aromatic rings. The molecule has 0 radical (unpaired) electrons. The van der Waals surface area contributed by atoms with Gasteiger partial charge in [-0.3, -0.25) is 4.79 Å². The molecule has 0 aliphatic carbocycles. The number of ether oxygens (including phenoxy) is 1. The van der Waals surface area contributed by atoms with Crippen LogP contribution in [0.3, 0.4) is 0 Å². The molecule has 0 saturated heterocycles. The van der Waals surface area contributed by atoms with E-state index in [1.54, 1.807) is 6.07 Å². The van der Waals surface area contributed by atoms with Crippen LogP contribution in [-0.2, 0) is 19.6 Å². The van der Waals surface area contributed by atoms with E-state index in [1.807, 2.05) is 0 Å². The summed E-state index contributed by atoms with van der Waals surface area (Å²) in [6, 6.07) is 7.89. The summed E-state index contributed by atoms with van der Waals surface area (Å²) in [5, 5.41) is 7.99.